The highest BCUT2D eigenvalue weighted by Crippen LogP contribution is 2.20. The lowest BCUT2D eigenvalue weighted by Crippen LogP contribution is -2.53. The number of rotatable bonds is 4. The van der Waals surface area contributed by atoms with Gasteiger partial charge < -0.3 is 4.74 Å². The Bertz CT molecular complexity index is 442. The minimum Gasteiger partial charge on any atom is -0.378 e. The molecule has 0 aromatic heterocycles. The highest BCUT2D eigenvalue weighted by atomic mass is 79.9. The smallest absolute Gasteiger partial charge is 0.164 e. The third-order valence-corrected chi connectivity index (χ3v) is 4.12. The fourth-order valence-electron chi connectivity index (χ4n) is 2.32. The number of benzene rings is 1. The number of morpholine rings is 1. The van der Waals surface area contributed by atoms with Crippen LogP contribution in [0.15, 0.2) is 28.7 Å². The van der Waals surface area contributed by atoms with Gasteiger partial charge in [0.2, 0.25) is 0 Å². The Hall–Kier alpha value is -0.710. The Morgan fingerprint density at radius 3 is 2.68 bits per heavy atom. The fraction of sp³-hybridized carbons (Fsp3) is 0.533. The van der Waals surface area contributed by atoms with Crippen molar-refractivity contribution >= 4 is 21.7 Å². The molecule has 0 bridgehead atoms. The molecule has 4 heteroatoms. The van der Waals surface area contributed by atoms with Gasteiger partial charge in [-0.05, 0) is 26.0 Å². The third kappa shape index (κ3) is 3.88. The molecule has 1 saturated heterocycles. The van der Waals surface area contributed by atoms with Crippen molar-refractivity contribution in [2.24, 2.45) is 0 Å². The van der Waals surface area contributed by atoms with Crippen LogP contribution in [0.3, 0.4) is 0 Å². The zero-order valence-corrected chi connectivity index (χ0v) is 13.1. The number of carbonyl (C=O) groups excluding carboxylic acids is 1. The molecule has 1 aromatic rings. The summed E-state index contributed by atoms with van der Waals surface area (Å²) in [7, 11) is 0. The molecular formula is C15H20BrNO2. The van der Waals surface area contributed by atoms with Gasteiger partial charge in [0.15, 0.2) is 5.78 Å². The highest BCUT2D eigenvalue weighted by Gasteiger charge is 2.30. The van der Waals surface area contributed by atoms with E-state index in [1.807, 2.05) is 24.3 Å². The van der Waals surface area contributed by atoms with E-state index >= 15 is 0 Å². The van der Waals surface area contributed by atoms with E-state index in [2.05, 4.69) is 34.7 Å². The van der Waals surface area contributed by atoms with Crippen LogP contribution >= 0.6 is 15.9 Å². The molecule has 1 aliphatic heterocycles. The summed E-state index contributed by atoms with van der Waals surface area (Å²) in [5, 5.41) is 0. The van der Waals surface area contributed by atoms with Crippen molar-refractivity contribution in [3.8, 4) is 0 Å². The first-order valence-corrected chi connectivity index (χ1v) is 7.40. The Labute approximate surface area is 123 Å². The van der Waals surface area contributed by atoms with Gasteiger partial charge in [-0.15, -0.1) is 0 Å². The summed E-state index contributed by atoms with van der Waals surface area (Å²) in [4.78, 5) is 14.5. The second kappa shape index (κ2) is 6.16. The summed E-state index contributed by atoms with van der Waals surface area (Å²) in [5.74, 6) is 0.204. The molecule has 0 radical (unpaired) electrons. The van der Waals surface area contributed by atoms with Gasteiger partial charge >= 0.3 is 0 Å². The van der Waals surface area contributed by atoms with Crippen LogP contribution in [0.5, 0.6) is 0 Å². The molecule has 1 fully saturated rings. The Balaban J connectivity index is 1.91. The van der Waals surface area contributed by atoms with E-state index in [9.17, 15) is 4.79 Å². The molecule has 1 aromatic carbocycles. The molecule has 0 spiro atoms. The van der Waals surface area contributed by atoms with E-state index in [0.29, 0.717) is 6.42 Å². The highest BCUT2D eigenvalue weighted by molar-refractivity contribution is 9.10. The van der Waals surface area contributed by atoms with Crippen molar-refractivity contribution in [1.29, 1.82) is 0 Å². The van der Waals surface area contributed by atoms with Gasteiger partial charge in [0, 0.05) is 35.1 Å². The molecule has 0 aliphatic carbocycles. The van der Waals surface area contributed by atoms with E-state index in [4.69, 9.17) is 4.74 Å². The van der Waals surface area contributed by atoms with E-state index in [0.717, 1.165) is 36.3 Å². The minimum absolute atomic E-state index is 0.0260. The number of carbonyl (C=O) groups is 1. The zero-order valence-electron chi connectivity index (χ0n) is 11.5. The largest absolute Gasteiger partial charge is 0.378 e. The van der Waals surface area contributed by atoms with Crippen molar-refractivity contribution in [3.05, 3.63) is 34.3 Å². The van der Waals surface area contributed by atoms with Gasteiger partial charge in [-0.2, -0.15) is 0 Å². The van der Waals surface area contributed by atoms with Crippen LogP contribution in [0.1, 0.15) is 30.6 Å². The van der Waals surface area contributed by atoms with Gasteiger partial charge in [-0.3, -0.25) is 9.69 Å². The Kier molecular flexibility index (Phi) is 4.76. The molecule has 104 valence electrons. The zero-order chi connectivity index (χ0) is 13.9. The molecule has 19 heavy (non-hydrogen) atoms. The summed E-state index contributed by atoms with van der Waals surface area (Å²) in [6.07, 6.45) is 0.561. The van der Waals surface area contributed by atoms with Crippen LogP contribution in [-0.2, 0) is 4.74 Å². The summed E-state index contributed by atoms with van der Waals surface area (Å²) in [6.45, 7) is 7.52. The van der Waals surface area contributed by atoms with Crippen molar-refractivity contribution in [2.75, 3.05) is 26.3 Å². The van der Waals surface area contributed by atoms with Crippen LogP contribution in [0.4, 0.5) is 0 Å². The molecule has 0 saturated carbocycles. The van der Waals surface area contributed by atoms with Crippen molar-refractivity contribution in [2.45, 2.75) is 25.8 Å². The first kappa shape index (κ1) is 14.7. The molecule has 0 N–H and O–H groups in total. The van der Waals surface area contributed by atoms with Gasteiger partial charge in [0.05, 0.1) is 13.2 Å². The first-order chi connectivity index (χ1) is 8.99. The average Bonchev–Trinajstić information content (AvgIpc) is 2.37. The van der Waals surface area contributed by atoms with Crippen molar-refractivity contribution in [1.82, 2.24) is 4.90 Å². The predicted molar refractivity (Wildman–Crippen MR) is 79.6 cm³/mol. The van der Waals surface area contributed by atoms with Crippen molar-refractivity contribution < 1.29 is 9.53 Å². The molecule has 2 rings (SSSR count). The molecule has 0 atom stereocenters. The topological polar surface area (TPSA) is 29.5 Å². The monoisotopic (exact) mass is 325 g/mol. The molecule has 1 heterocycles. The third-order valence-electron chi connectivity index (χ3n) is 3.59. The van der Waals surface area contributed by atoms with E-state index in [-0.39, 0.29) is 11.3 Å². The maximum atomic E-state index is 12.1. The van der Waals surface area contributed by atoms with E-state index in [1.54, 1.807) is 0 Å². The Morgan fingerprint density at radius 2 is 2.05 bits per heavy atom. The Morgan fingerprint density at radius 1 is 1.37 bits per heavy atom. The maximum Gasteiger partial charge on any atom is 0.164 e. The lowest BCUT2D eigenvalue weighted by molar-refractivity contribution is -0.0502. The summed E-state index contributed by atoms with van der Waals surface area (Å²) >= 11 is 3.38. The number of hydrogen-bond donors (Lipinski definition) is 0. The quantitative estimate of drug-likeness (QED) is 0.796. The number of ether oxygens (including phenoxy) is 1. The van der Waals surface area contributed by atoms with Gasteiger partial charge in [-0.1, -0.05) is 28.1 Å². The van der Waals surface area contributed by atoms with Crippen molar-refractivity contribution in [3.63, 3.8) is 0 Å². The van der Waals surface area contributed by atoms with Crippen LogP contribution < -0.4 is 0 Å². The van der Waals surface area contributed by atoms with Crippen LogP contribution in [0.2, 0.25) is 0 Å². The number of halogens is 1. The van der Waals surface area contributed by atoms with Gasteiger partial charge in [0.25, 0.3) is 0 Å². The normalized spacial score (nSPS) is 19.3. The molecular weight excluding hydrogens is 306 g/mol. The van der Waals surface area contributed by atoms with Crippen LogP contribution in [0, 0.1) is 0 Å². The molecule has 0 unspecified atom stereocenters. The standard InChI is InChI=1S/C15H20BrNO2/c1-15(2)11-19-10-9-17(15)8-7-14(18)12-3-5-13(16)6-4-12/h3-6H,7-11H2,1-2H3. The first-order valence-electron chi connectivity index (χ1n) is 6.60. The molecule has 0 amide bonds. The number of hydrogen-bond acceptors (Lipinski definition) is 3. The second-order valence-corrected chi connectivity index (χ2v) is 6.45. The number of ketones is 1. The summed E-state index contributed by atoms with van der Waals surface area (Å²) < 4.78 is 6.49. The molecule has 3 nitrogen and oxygen atoms in total. The predicted octanol–water partition coefficient (Wildman–Crippen LogP) is 3.13. The summed E-state index contributed by atoms with van der Waals surface area (Å²) in [6, 6.07) is 7.56. The SMILES string of the molecule is CC1(C)COCCN1CCC(=O)c1ccc(Br)cc1. The number of Topliss-reactive ketones (excluding diaryl/α,β-unsaturated/α-hetero) is 1. The fourth-order valence-corrected chi connectivity index (χ4v) is 2.59. The minimum atomic E-state index is 0.0260. The van der Waals surface area contributed by atoms with E-state index in [1.165, 1.54) is 0 Å². The maximum absolute atomic E-state index is 12.1. The van der Waals surface area contributed by atoms with Gasteiger partial charge in [0.1, 0.15) is 0 Å². The van der Waals surface area contributed by atoms with E-state index < -0.39 is 0 Å². The lowest BCUT2D eigenvalue weighted by Gasteiger charge is -2.42. The number of nitrogens with zero attached hydrogens (tertiary/aromatic N) is 1. The summed E-state index contributed by atoms with van der Waals surface area (Å²) in [5.41, 5.74) is 0.812. The van der Waals surface area contributed by atoms with Crippen LogP contribution in [0.25, 0.3) is 0 Å². The molecule has 1 aliphatic rings. The lowest BCUT2D eigenvalue weighted by atomic mass is 10.0. The van der Waals surface area contributed by atoms with Gasteiger partial charge in [-0.25, -0.2) is 0 Å². The average molecular weight is 326 g/mol. The van der Waals surface area contributed by atoms with Crippen LogP contribution in [-0.4, -0.2) is 42.5 Å². The second-order valence-electron chi connectivity index (χ2n) is 5.53.